The molecule has 1 amide bonds. The highest BCUT2D eigenvalue weighted by molar-refractivity contribution is 6.02. The molecule has 2 aromatic carbocycles. The third-order valence-electron chi connectivity index (χ3n) is 3.80. The van der Waals surface area contributed by atoms with Gasteiger partial charge in [0.15, 0.2) is 12.0 Å². The predicted molar refractivity (Wildman–Crippen MR) is 96.8 cm³/mol. The zero-order chi connectivity index (χ0) is 17.2. The van der Waals surface area contributed by atoms with Gasteiger partial charge in [-0.1, -0.05) is 45.0 Å². The molecule has 0 aliphatic carbocycles. The van der Waals surface area contributed by atoms with Crippen LogP contribution in [0.15, 0.2) is 59.4 Å². The van der Waals surface area contributed by atoms with Crippen molar-refractivity contribution < 1.29 is 9.21 Å². The molecule has 0 bridgehead atoms. The number of nitrogens with one attached hydrogen (secondary N) is 1. The highest BCUT2D eigenvalue weighted by Gasteiger charge is 2.12. The summed E-state index contributed by atoms with van der Waals surface area (Å²) in [5.74, 6) is -0.186. The van der Waals surface area contributed by atoms with Crippen LogP contribution in [-0.4, -0.2) is 10.9 Å². The van der Waals surface area contributed by atoms with E-state index in [4.69, 9.17) is 4.42 Å². The van der Waals surface area contributed by atoms with Crippen molar-refractivity contribution >= 4 is 28.8 Å². The summed E-state index contributed by atoms with van der Waals surface area (Å²) in [7, 11) is 0. The van der Waals surface area contributed by atoms with Crippen LogP contribution in [0.2, 0.25) is 0 Å². The van der Waals surface area contributed by atoms with Crippen molar-refractivity contribution in [1.82, 2.24) is 4.98 Å². The third-order valence-corrected chi connectivity index (χ3v) is 3.80. The van der Waals surface area contributed by atoms with Crippen LogP contribution in [0.1, 0.15) is 31.9 Å². The van der Waals surface area contributed by atoms with E-state index in [1.807, 2.05) is 18.2 Å². The Morgan fingerprint density at radius 1 is 1.12 bits per heavy atom. The van der Waals surface area contributed by atoms with Crippen LogP contribution in [0.25, 0.3) is 17.2 Å². The van der Waals surface area contributed by atoms with Gasteiger partial charge in [0.05, 0.1) is 0 Å². The lowest BCUT2D eigenvalue weighted by atomic mass is 9.87. The second kappa shape index (κ2) is 6.32. The number of hydrogen-bond donors (Lipinski definition) is 1. The second-order valence-electron chi connectivity index (χ2n) is 6.73. The summed E-state index contributed by atoms with van der Waals surface area (Å²) in [4.78, 5) is 16.1. The SMILES string of the molecule is CC(C)(C)c1ccc(/C=C/C(=O)Nc2ccc3ncoc3c2)cc1. The molecule has 24 heavy (non-hydrogen) atoms. The minimum absolute atomic E-state index is 0.124. The molecule has 1 N–H and O–H groups in total. The number of fused-ring (bicyclic) bond motifs is 1. The number of nitrogens with zero attached hydrogens (tertiary/aromatic N) is 1. The van der Waals surface area contributed by atoms with Gasteiger partial charge in [0, 0.05) is 17.8 Å². The van der Waals surface area contributed by atoms with E-state index in [9.17, 15) is 4.79 Å². The molecule has 4 nitrogen and oxygen atoms in total. The minimum atomic E-state index is -0.186. The first-order valence-corrected chi connectivity index (χ1v) is 7.85. The lowest BCUT2D eigenvalue weighted by Crippen LogP contribution is -2.10. The summed E-state index contributed by atoms with van der Waals surface area (Å²) in [6.45, 7) is 6.53. The van der Waals surface area contributed by atoms with Crippen LogP contribution in [0, 0.1) is 0 Å². The molecular formula is C20H20N2O2. The van der Waals surface area contributed by atoms with Crippen molar-refractivity contribution in [2.45, 2.75) is 26.2 Å². The second-order valence-corrected chi connectivity index (χ2v) is 6.73. The van der Waals surface area contributed by atoms with Crippen molar-refractivity contribution in [3.8, 4) is 0 Å². The average Bonchev–Trinajstić information content (AvgIpc) is 3.00. The van der Waals surface area contributed by atoms with Crippen LogP contribution < -0.4 is 5.32 Å². The van der Waals surface area contributed by atoms with Gasteiger partial charge in [0.25, 0.3) is 0 Å². The smallest absolute Gasteiger partial charge is 0.248 e. The zero-order valence-electron chi connectivity index (χ0n) is 14.0. The maximum absolute atomic E-state index is 12.0. The van der Waals surface area contributed by atoms with Crippen molar-refractivity contribution in [3.05, 3.63) is 66.1 Å². The maximum Gasteiger partial charge on any atom is 0.248 e. The topological polar surface area (TPSA) is 55.1 Å². The number of amides is 1. The number of oxazole rings is 1. The van der Waals surface area contributed by atoms with Crippen molar-refractivity contribution in [3.63, 3.8) is 0 Å². The van der Waals surface area contributed by atoms with Gasteiger partial charge in [-0.25, -0.2) is 4.98 Å². The van der Waals surface area contributed by atoms with E-state index in [1.54, 1.807) is 18.2 Å². The Labute approximate surface area is 141 Å². The minimum Gasteiger partial charge on any atom is -0.443 e. The van der Waals surface area contributed by atoms with Crippen molar-refractivity contribution in [2.24, 2.45) is 0 Å². The molecule has 1 aromatic heterocycles. The quantitative estimate of drug-likeness (QED) is 0.707. The molecule has 4 heteroatoms. The average molecular weight is 320 g/mol. The number of aromatic nitrogens is 1. The number of benzene rings is 2. The van der Waals surface area contributed by atoms with E-state index in [-0.39, 0.29) is 11.3 Å². The normalized spacial score (nSPS) is 12.0. The first-order chi connectivity index (χ1) is 11.4. The van der Waals surface area contributed by atoms with Crippen LogP contribution in [0.4, 0.5) is 5.69 Å². The molecule has 0 saturated carbocycles. The molecule has 0 unspecified atom stereocenters. The largest absolute Gasteiger partial charge is 0.443 e. The van der Waals surface area contributed by atoms with E-state index in [0.29, 0.717) is 11.3 Å². The first-order valence-electron chi connectivity index (χ1n) is 7.85. The lowest BCUT2D eigenvalue weighted by Gasteiger charge is -2.18. The summed E-state index contributed by atoms with van der Waals surface area (Å²) in [5.41, 5.74) is 4.47. The lowest BCUT2D eigenvalue weighted by molar-refractivity contribution is -0.111. The van der Waals surface area contributed by atoms with E-state index in [2.05, 4.69) is 43.2 Å². The van der Waals surface area contributed by atoms with Crippen LogP contribution in [0.3, 0.4) is 0 Å². The number of rotatable bonds is 3. The molecule has 0 spiro atoms. The number of anilines is 1. The number of hydrogen-bond acceptors (Lipinski definition) is 3. The van der Waals surface area contributed by atoms with Crippen LogP contribution in [0.5, 0.6) is 0 Å². The summed E-state index contributed by atoms with van der Waals surface area (Å²) >= 11 is 0. The van der Waals surface area contributed by atoms with Gasteiger partial charge in [0.1, 0.15) is 5.52 Å². The van der Waals surface area contributed by atoms with Gasteiger partial charge in [-0.15, -0.1) is 0 Å². The van der Waals surface area contributed by atoms with Crippen LogP contribution >= 0.6 is 0 Å². The van der Waals surface area contributed by atoms with Crippen molar-refractivity contribution in [1.29, 1.82) is 0 Å². The fraction of sp³-hybridized carbons (Fsp3) is 0.200. The molecule has 0 aliphatic rings. The van der Waals surface area contributed by atoms with E-state index in [1.165, 1.54) is 18.0 Å². The summed E-state index contributed by atoms with van der Waals surface area (Å²) in [6, 6.07) is 13.6. The highest BCUT2D eigenvalue weighted by atomic mass is 16.3. The molecule has 0 saturated heterocycles. The van der Waals surface area contributed by atoms with Gasteiger partial charge in [0.2, 0.25) is 5.91 Å². The van der Waals surface area contributed by atoms with E-state index < -0.39 is 0 Å². The standard InChI is InChI=1S/C20H20N2O2/c1-20(2,3)15-7-4-14(5-8-15)6-11-19(23)22-16-9-10-17-18(12-16)24-13-21-17/h4-13H,1-3H3,(H,22,23)/b11-6+. The molecule has 122 valence electrons. The molecule has 0 radical (unpaired) electrons. The number of carbonyl (C=O) groups is 1. The molecule has 3 aromatic rings. The monoisotopic (exact) mass is 320 g/mol. The fourth-order valence-corrected chi connectivity index (χ4v) is 2.38. The van der Waals surface area contributed by atoms with Gasteiger partial charge in [-0.3, -0.25) is 4.79 Å². The Bertz CT molecular complexity index is 884. The van der Waals surface area contributed by atoms with E-state index >= 15 is 0 Å². The molecular weight excluding hydrogens is 300 g/mol. The molecule has 0 aliphatic heterocycles. The Morgan fingerprint density at radius 2 is 1.88 bits per heavy atom. The molecule has 3 rings (SSSR count). The predicted octanol–water partition coefficient (Wildman–Crippen LogP) is 4.78. The molecule has 1 heterocycles. The van der Waals surface area contributed by atoms with Gasteiger partial charge in [-0.2, -0.15) is 0 Å². The summed E-state index contributed by atoms with van der Waals surface area (Å²) < 4.78 is 5.23. The Kier molecular flexibility index (Phi) is 4.21. The Morgan fingerprint density at radius 3 is 2.58 bits per heavy atom. The first kappa shape index (κ1) is 16.0. The summed E-state index contributed by atoms with van der Waals surface area (Å²) in [6.07, 6.45) is 4.71. The van der Waals surface area contributed by atoms with E-state index in [0.717, 1.165) is 11.1 Å². The highest BCUT2D eigenvalue weighted by Crippen LogP contribution is 2.22. The number of carbonyl (C=O) groups excluding carboxylic acids is 1. The van der Waals surface area contributed by atoms with Crippen molar-refractivity contribution in [2.75, 3.05) is 5.32 Å². The fourth-order valence-electron chi connectivity index (χ4n) is 2.38. The van der Waals surface area contributed by atoms with Gasteiger partial charge < -0.3 is 9.73 Å². The molecule has 0 fully saturated rings. The third kappa shape index (κ3) is 3.71. The van der Waals surface area contributed by atoms with Gasteiger partial charge in [-0.05, 0) is 34.8 Å². The maximum atomic E-state index is 12.0. The Balaban J connectivity index is 1.66. The zero-order valence-corrected chi connectivity index (χ0v) is 14.0. The summed E-state index contributed by atoms with van der Waals surface area (Å²) in [5, 5.41) is 2.82. The van der Waals surface area contributed by atoms with Gasteiger partial charge >= 0.3 is 0 Å². The Hall–Kier alpha value is -2.88. The van der Waals surface area contributed by atoms with Crippen LogP contribution in [-0.2, 0) is 10.2 Å². The molecule has 0 atom stereocenters.